The normalized spacial score (nSPS) is 10.7. The van der Waals surface area contributed by atoms with E-state index in [9.17, 15) is 4.79 Å². The third-order valence-corrected chi connectivity index (χ3v) is 2.12. The molecule has 1 aromatic heterocycles. The number of hydrogen-bond acceptors (Lipinski definition) is 3. The molecule has 4 heteroatoms. The van der Waals surface area contributed by atoms with Crippen LogP contribution in [0.25, 0.3) is 6.08 Å². The molecule has 0 aromatic carbocycles. The maximum Gasteiger partial charge on any atom is 0.211 e. The lowest BCUT2D eigenvalue weighted by molar-refractivity contribution is -0.105. The predicted molar refractivity (Wildman–Crippen MR) is 65.5 cm³/mol. The second-order valence-corrected chi connectivity index (χ2v) is 3.22. The standard InChI is InChI=1S/C12H13N3O/c1-9(10(2)6-13)5-11-7-14-4-3-12(11)15-8-16/h3-8,13H,2H2,1H3,(H,14,15,16)/b9-5+,13-6?. The largest absolute Gasteiger partial charge is 0.328 e. The summed E-state index contributed by atoms with van der Waals surface area (Å²) in [5.74, 6) is 0. The van der Waals surface area contributed by atoms with Crippen LogP contribution in [0.5, 0.6) is 0 Å². The number of nitrogens with one attached hydrogen (secondary N) is 2. The average Bonchev–Trinajstić information content (AvgIpc) is 2.31. The van der Waals surface area contributed by atoms with Crippen molar-refractivity contribution in [3.05, 3.63) is 41.7 Å². The highest BCUT2D eigenvalue weighted by Gasteiger charge is 2.00. The Bertz CT molecular complexity index is 449. The van der Waals surface area contributed by atoms with Crippen molar-refractivity contribution in [2.45, 2.75) is 6.92 Å². The Morgan fingerprint density at radius 3 is 3.00 bits per heavy atom. The van der Waals surface area contributed by atoms with Crippen molar-refractivity contribution < 1.29 is 4.79 Å². The van der Waals surface area contributed by atoms with E-state index >= 15 is 0 Å². The lowest BCUT2D eigenvalue weighted by Crippen LogP contribution is -1.97. The van der Waals surface area contributed by atoms with Gasteiger partial charge in [-0.3, -0.25) is 9.78 Å². The minimum Gasteiger partial charge on any atom is -0.328 e. The minimum atomic E-state index is 0.618. The van der Waals surface area contributed by atoms with Gasteiger partial charge < -0.3 is 10.7 Å². The molecule has 0 radical (unpaired) electrons. The Kier molecular flexibility index (Phi) is 4.15. The van der Waals surface area contributed by atoms with E-state index in [1.807, 2.05) is 13.0 Å². The van der Waals surface area contributed by atoms with Crippen molar-refractivity contribution in [1.82, 2.24) is 4.98 Å². The number of nitrogens with zero attached hydrogens (tertiary/aromatic N) is 1. The fourth-order valence-electron chi connectivity index (χ4n) is 1.16. The van der Waals surface area contributed by atoms with E-state index in [-0.39, 0.29) is 0 Å². The van der Waals surface area contributed by atoms with Gasteiger partial charge in [0.2, 0.25) is 6.41 Å². The van der Waals surface area contributed by atoms with Gasteiger partial charge in [0.15, 0.2) is 0 Å². The monoisotopic (exact) mass is 215 g/mol. The van der Waals surface area contributed by atoms with Crippen LogP contribution in [-0.4, -0.2) is 17.6 Å². The lowest BCUT2D eigenvalue weighted by atomic mass is 10.1. The van der Waals surface area contributed by atoms with E-state index in [1.54, 1.807) is 18.5 Å². The molecule has 0 aliphatic rings. The first-order chi connectivity index (χ1) is 7.69. The van der Waals surface area contributed by atoms with Crippen LogP contribution < -0.4 is 5.32 Å². The average molecular weight is 215 g/mol. The van der Waals surface area contributed by atoms with Gasteiger partial charge in [-0.25, -0.2) is 0 Å². The second-order valence-electron chi connectivity index (χ2n) is 3.22. The van der Waals surface area contributed by atoms with Crippen LogP contribution in [0.15, 0.2) is 36.2 Å². The summed E-state index contributed by atoms with van der Waals surface area (Å²) in [6.45, 7) is 5.58. The molecule has 0 spiro atoms. The summed E-state index contributed by atoms with van der Waals surface area (Å²) in [6, 6.07) is 1.71. The molecule has 0 fully saturated rings. The second kappa shape index (κ2) is 5.60. The Morgan fingerprint density at radius 1 is 1.62 bits per heavy atom. The van der Waals surface area contributed by atoms with Gasteiger partial charge in [-0.2, -0.15) is 0 Å². The summed E-state index contributed by atoms with van der Waals surface area (Å²) in [7, 11) is 0. The quantitative estimate of drug-likeness (QED) is 0.449. The van der Waals surface area contributed by atoms with E-state index in [0.29, 0.717) is 17.7 Å². The van der Waals surface area contributed by atoms with Gasteiger partial charge in [-0.1, -0.05) is 6.58 Å². The first-order valence-electron chi connectivity index (χ1n) is 4.71. The lowest BCUT2D eigenvalue weighted by Gasteiger charge is -2.05. The summed E-state index contributed by atoms with van der Waals surface area (Å²) in [5.41, 5.74) is 2.95. The van der Waals surface area contributed by atoms with Gasteiger partial charge in [0, 0.05) is 24.2 Å². The summed E-state index contributed by atoms with van der Waals surface area (Å²) in [6.07, 6.45) is 6.88. The highest BCUT2D eigenvalue weighted by molar-refractivity contribution is 5.86. The summed E-state index contributed by atoms with van der Waals surface area (Å²) in [5, 5.41) is 9.67. The zero-order valence-electron chi connectivity index (χ0n) is 9.03. The van der Waals surface area contributed by atoms with E-state index in [1.165, 1.54) is 6.21 Å². The highest BCUT2D eigenvalue weighted by atomic mass is 16.1. The molecule has 16 heavy (non-hydrogen) atoms. The maximum absolute atomic E-state index is 10.4. The fourth-order valence-corrected chi connectivity index (χ4v) is 1.16. The molecule has 4 nitrogen and oxygen atoms in total. The van der Waals surface area contributed by atoms with Crippen LogP contribution in [0.2, 0.25) is 0 Å². The molecule has 82 valence electrons. The molecular formula is C12H13N3O. The van der Waals surface area contributed by atoms with Crippen LogP contribution in [0, 0.1) is 5.41 Å². The maximum atomic E-state index is 10.4. The molecule has 1 rings (SSSR count). The number of amides is 1. The van der Waals surface area contributed by atoms with Crippen molar-refractivity contribution >= 4 is 24.4 Å². The molecule has 1 heterocycles. The van der Waals surface area contributed by atoms with Crippen molar-refractivity contribution in [1.29, 1.82) is 5.41 Å². The van der Waals surface area contributed by atoms with Crippen LogP contribution in [0.3, 0.4) is 0 Å². The van der Waals surface area contributed by atoms with Crippen LogP contribution in [0.4, 0.5) is 5.69 Å². The minimum absolute atomic E-state index is 0.618. The number of carbonyl (C=O) groups is 1. The van der Waals surface area contributed by atoms with E-state index in [4.69, 9.17) is 5.41 Å². The van der Waals surface area contributed by atoms with E-state index in [2.05, 4.69) is 16.9 Å². The topological polar surface area (TPSA) is 65.8 Å². The molecule has 1 amide bonds. The number of anilines is 1. The Labute approximate surface area is 94.2 Å². The summed E-state index contributed by atoms with van der Waals surface area (Å²) < 4.78 is 0. The van der Waals surface area contributed by atoms with Gasteiger partial charge >= 0.3 is 0 Å². The number of rotatable bonds is 5. The Hall–Kier alpha value is -2.23. The van der Waals surface area contributed by atoms with Crippen molar-refractivity contribution in [3.8, 4) is 0 Å². The SMILES string of the molecule is C=C(C=N)/C(C)=C/c1cnccc1NC=O. The Balaban J connectivity index is 3.08. The fraction of sp³-hybridized carbons (Fsp3) is 0.0833. The van der Waals surface area contributed by atoms with Crippen LogP contribution in [-0.2, 0) is 4.79 Å². The van der Waals surface area contributed by atoms with E-state index < -0.39 is 0 Å². The Morgan fingerprint density at radius 2 is 2.38 bits per heavy atom. The molecule has 0 saturated carbocycles. The first-order valence-corrected chi connectivity index (χ1v) is 4.71. The zero-order chi connectivity index (χ0) is 12.0. The molecule has 0 aliphatic carbocycles. The van der Waals surface area contributed by atoms with Gasteiger partial charge in [0.1, 0.15) is 0 Å². The van der Waals surface area contributed by atoms with Crippen molar-refractivity contribution in [2.75, 3.05) is 5.32 Å². The molecule has 0 bridgehead atoms. The van der Waals surface area contributed by atoms with Crippen molar-refractivity contribution in [3.63, 3.8) is 0 Å². The third kappa shape index (κ3) is 2.88. The molecular weight excluding hydrogens is 202 g/mol. The van der Waals surface area contributed by atoms with Crippen LogP contribution >= 0.6 is 0 Å². The highest BCUT2D eigenvalue weighted by Crippen LogP contribution is 2.18. The van der Waals surface area contributed by atoms with Gasteiger partial charge in [-0.15, -0.1) is 0 Å². The number of carbonyl (C=O) groups excluding carboxylic acids is 1. The van der Waals surface area contributed by atoms with Crippen LogP contribution in [0.1, 0.15) is 12.5 Å². The molecule has 0 atom stereocenters. The summed E-state index contributed by atoms with van der Waals surface area (Å²) >= 11 is 0. The predicted octanol–water partition coefficient (Wildman–Crippen LogP) is 2.26. The number of aromatic nitrogens is 1. The smallest absolute Gasteiger partial charge is 0.211 e. The molecule has 0 unspecified atom stereocenters. The zero-order valence-corrected chi connectivity index (χ0v) is 9.03. The molecule has 2 N–H and O–H groups in total. The molecule has 0 aliphatic heterocycles. The van der Waals surface area contributed by atoms with Gasteiger partial charge in [0.25, 0.3) is 0 Å². The molecule has 0 saturated heterocycles. The van der Waals surface area contributed by atoms with E-state index in [0.717, 1.165) is 11.1 Å². The third-order valence-electron chi connectivity index (χ3n) is 2.12. The summed E-state index contributed by atoms with van der Waals surface area (Å²) in [4.78, 5) is 14.4. The molecule has 1 aromatic rings. The number of allylic oxidation sites excluding steroid dienone is 2. The number of pyridine rings is 1. The first kappa shape index (κ1) is 11.8. The number of hydrogen-bond donors (Lipinski definition) is 2. The van der Waals surface area contributed by atoms with Crippen molar-refractivity contribution in [2.24, 2.45) is 0 Å². The van der Waals surface area contributed by atoms with Gasteiger partial charge in [0.05, 0.1) is 5.69 Å². The van der Waals surface area contributed by atoms with Gasteiger partial charge in [-0.05, 0) is 30.2 Å².